The Labute approximate surface area is 168 Å². The van der Waals surface area contributed by atoms with Crippen molar-refractivity contribution in [2.75, 3.05) is 33.0 Å². The predicted octanol–water partition coefficient (Wildman–Crippen LogP) is 3.78. The molecule has 0 saturated carbocycles. The average Bonchev–Trinajstić information content (AvgIpc) is 3.17. The maximum atomic E-state index is 9.19. The zero-order valence-corrected chi connectivity index (χ0v) is 17.7. The molecular formula is C21H31NO5S. The molecule has 1 aromatic heterocycles. The van der Waals surface area contributed by atoms with E-state index < -0.39 is 10.1 Å². The normalized spacial score (nSPS) is 16.2. The zero-order valence-electron chi connectivity index (χ0n) is 16.9. The quantitative estimate of drug-likeness (QED) is 0.701. The fourth-order valence-corrected chi connectivity index (χ4v) is 3.71. The standard InChI is InChI=1S/C20H27NO2.CH4O3S/c1-3-21(13-12-17-8-6-14-23-17)15-16-7-4-10-19-18(16)9-5-11-20(19)22-2;1-5(2,3)4/h5-6,8-9,11,14,16H,3-4,7,10,12-13,15H2,1-2H3;1H3,(H,2,3,4). The Morgan fingerprint density at radius 3 is 2.64 bits per heavy atom. The minimum atomic E-state index is -3.67. The van der Waals surface area contributed by atoms with Crippen molar-refractivity contribution in [2.45, 2.75) is 38.5 Å². The number of likely N-dealkylation sites (N-methyl/N-ethyl adjacent to an activating group) is 1. The number of hydrogen-bond acceptors (Lipinski definition) is 5. The maximum absolute atomic E-state index is 9.19. The number of hydrogen-bond donors (Lipinski definition) is 1. The molecule has 0 amide bonds. The summed E-state index contributed by atoms with van der Waals surface area (Å²) in [6.45, 7) is 5.51. The average molecular weight is 410 g/mol. The van der Waals surface area contributed by atoms with E-state index in [0.717, 1.165) is 44.0 Å². The number of furan rings is 1. The summed E-state index contributed by atoms with van der Waals surface area (Å²) >= 11 is 0. The van der Waals surface area contributed by atoms with Gasteiger partial charge in [0.15, 0.2) is 0 Å². The SMILES string of the molecule is CCN(CCc1ccco1)CC1CCCc2c(OC)cccc21.CS(=O)(=O)O. The van der Waals surface area contributed by atoms with Gasteiger partial charge in [-0.25, -0.2) is 0 Å². The van der Waals surface area contributed by atoms with E-state index in [-0.39, 0.29) is 0 Å². The second-order valence-electron chi connectivity index (χ2n) is 7.07. The highest BCUT2D eigenvalue weighted by molar-refractivity contribution is 7.85. The van der Waals surface area contributed by atoms with Gasteiger partial charge in [-0.15, -0.1) is 0 Å². The fourth-order valence-electron chi connectivity index (χ4n) is 3.71. The number of fused-ring (bicyclic) bond motifs is 1. The van der Waals surface area contributed by atoms with Gasteiger partial charge in [0.25, 0.3) is 10.1 Å². The predicted molar refractivity (Wildman–Crippen MR) is 111 cm³/mol. The van der Waals surface area contributed by atoms with Gasteiger partial charge in [-0.2, -0.15) is 8.42 Å². The van der Waals surface area contributed by atoms with Gasteiger partial charge in [-0.05, 0) is 61.1 Å². The summed E-state index contributed by atoms with van der Waals surface area (Å²) in [5, 5.41) is 0. The van der Waals surface area contributed by atoms with E-state index in [4.69, 9.17) is 13.7 Å². The van der Waals surface area contributed by atoms with E-state index in [0.29, 0.717) is 12.2 Å². The molecule has 0 bridgehead atoms. The van der Waals surface area contributed by atoms with Crippen LogP contribution in [0.1, 0.15) is 42.6 Å². The molecule has 3 rings (SSSR count). The molecule has 2 aromatic rings. The van der Waals surface area contributed by atoms with Gasteiger partial charge in [0, 0.05) is 19.5 Å². The van der Waals surface area contributed by atoms with Crippen LogP contribution in [0.15, 0.2) is 41.0 Å². The molecule has 1 aliphatic rings. The first-order chi connectivity index (χ1) is 13.3. The minimum Gasteiger partial charge on any atom is -0.496 e. The lowest BCUT2D eigenvalue weighted by atomic mass is 9.82. The topological polar surface area (TPSA) is 80.0 Å². The third kappa shape index (κ3) is 7.30. The largest absolute Gasteiger partial charge is 0.496 e. The van der Waals surface area contributed by atoms with Crippen LogP contribution >= 0.6 is 0 Å². The molecular weight excluding hydrogens is 378 g/mol. The van der Waals surface area contributed by atoms with E-state index >= 15 is 0 Å². The van der Waals surface area contributed by atoms with Crippen LogP contribution in [0.4, 0.5) is 0 Å². The van der Waals surface area contributed by atoms with Crippen molar-refractivity contribution in [1.29, 1.82) is 0 Å². The Kier molecular flexibility index (Phi) is 8.54. The van der Waals surface area contributed by atoms with Crippen LogP contribution < -0.4 is 4.74 Å². The second kappa shape index (κ2) is 10.6. The lowest BCUT2D eigenvalue weighted by molar-refractivity contribution is 0.256. The zero-order chi connectivity index (χ0) is 20.6. The summed E-state index contributed by atoms with van der Waals surface area (Å²) in [6, 6.07) is 10.6. The van der Waals surface area contributed by atoms with Crippen LogP contribution in [0.25, 0.3) is 0 Å². The molecule has 7 heteroatoms. The molecule has 1 atom stereocenters. The van der Waals surface area contributed by atoms with E-state index in [1.807, 2.05) is 6.07 Å². The Morgan fingerprint density at radius 2 is 2.04 bits per heavy atom. The molecule has 0 aliphatic heterocycles. The molecule has 6 nitrogen and oxygen atoms in total. The summed E-state index contributed by atoms with van der Waals surface area (Å²) in [5.74, 6) is 2.75. The summed E-state index contributed by atoms with van der Waals surface area (Å²) in [5.41, 5.74) is 2.92. The summed E-state index contributed by atoms with van der Waals surface area (Å²) in [6.07, 6.45) is 7.14. The van der Waals surface area contributed by atoms with Crippen molar-refractivity contribution in [3.8, 4) is 5.75 Å². The van der Waals surface area contributed by atoms with Crippen LogP contribution in [0.2, 0.25) is 0 Å². The first kappa shape index (κ1) is 22.5. The summed E-state index contributed by atoms with van der Waals surface area (Å²) in [7, 11) is -1.89. The third-order valence-corrected chi connectivity index (χ3v) is 4.99. The van der Waals surface area contributed by atoms with E-state index in [1.54, 1.807) is 13.4 Å². The van der Waals surface area contributed by atoms with Crippen molar-refractivity contribution in [3.63, 3.8) is 0 Å². The van der Waals surface area contributed by atoms with Crippen LogP contribution in [0, 0.1) is 0 Å². The highest BCUT2D eigenvalue weighted by Crippen LogP contribution is 2.37. The van der Waals surface area contributed by atoms with Crippen molar-refractivity contribution < 1.29 is 22.1 Å². The molecule has 0 saturated heterocycles. The molecule has 1 aliphatic carbocycles. The smallest absolute Gasteiger partial charge is 0.261 e. The van der Waals surface area contributed by atoms with Crippen molar-refractivity contribution in [1.82, 2.24) is 4.90 Å². The van der Waals surface area contributed by atoms with Crippen LogP contribution in [-0.2, 0) is 23.0 Å². The summed E-state index contributed by atoms with van der Waals surface area (Å²) in [4.78, 5) is 2.54. The Hall–Kier alpha value is -1.83. The van der Waals surface area contributed by atoms with Gasteiger partial charge in [0.2, 0.25) is 0 Å². The van der Waals surface area contributed by atoms with Crippen molar-refractivity contribution >= 4 is 10.1 Å². The lowest BCUT2D eigenvalue weighted by Gasteiger charge is -2.31. The van der Waals surface area contributed by atoms with Crippen LogP contribution in [0.5, 0.6) is 5.75 Å². The third-order valence-electron chi connectivity index (χ3n) is 4.99. The van der Waals surface area contributed by atoms with Crippen molar-refractivity contribution in [2.24, 2.45) is 0 Å². The number of rotatable bonds is 7. The summed E-state index contributed by atoms with van der Waals surface area (Å²) < 4.78 is 36.9. The fraction of sp³-hybridized carbons (Fsp3) is 0.524. The Bertz CT molecular complexity index is 809. The number of methoxy groups -OCH3 is 1. The van der Waals surface area contributed by atoms with Gasteiger partial charge >= 0.3 is 0 Å². The van der Waals surface area contributed by atoms with Gasteiger partial charge < -0.3 is 14.1 Å². The molecule has 28 heavy (non-hydrogen) atoms. The minimum absolute atomic E-state index is 0.616. The molecule has 0 spiro atoms. The molecule has 1 unspecified atom stereocenters. The highest BCUT2D eigenvalue weighted by Gasteiger charge is 2.24. The molecule has 0 fully saturated rings. The van der Waals surface area contributed by atoms with E-state index in [9.17, 15) is 8.42 Å². The van der Waals surface area contributed by atoms with E-state index in [2.05, 4.69) is 36.1 Å². The van der Waals surface area contributed by atoms with Gasteiger partial charge in [0.1, 0.15) is 11.5 Å². The second-order valence-corrected chi connectivity index (χ2v) is 8.54. The monoisotopic (exact) mass is 409 g/mol. The Morgan fingerprint density at radius 1 is 1.29 bits per heavy atom. The van der Waals surface area contributed by atoms with Crippen LogP contribution in [-0.4, -0.2) is 50.9 Å². The molecule has 0 radical (unpaired) electrons. The highest BCUT2D eigenvalue weighted by atomic mass is 32.2. The Balaban J connectivity index is 0.000000500. The molecule has 1 aromatic carbocycles. The lowest BCUT2D eigenvalue weighted by Crippen LogP contribution is -2.32. The van der Waals surface area contributed by atoms with Crippen LogP contribution in [0.3, 0.4) is 0 Å². The van der Waals surface area contributed by atoms with E-state index in [1.165, 1.54) is 24.0 Å². The molecule has 156 valence electrons. The number of nitrogens with zero attached hydrogens (tertiary/aromatic N) is 1. The molecule has 1 N–H and O–H groups in total. The first-order valence-corrected chi connectivity index (χ1v) is 11.5. The maximum Gasteiger partial charge on any atom is 0.261 e. The first-order valence-electron chi connectivity index (χ1n) is 9.64. The van der Waals surface area contributed by atoms with Gasteiger partial charge in [-0.1, -0.05) is 19.1 Å². The van der Waals surface area contributed by atoms with Crippen molar-refractivity contribution in [3.05, 3.63) is 53.5 Å². The number of ether oxygens (including phenoxy) is 1. The number of benzene rings is 1. The van der Waals surface area contributed by atoms with Gasteiger partial charge in [-0.3, -0.25) is 4.55 Å². The van der Waals surface area contributed by atoms with Gasteiger partial charge in [0.05, 0.1) is 19.6 Å². The molecule has 1 heterocycles.